The van der Waals surface area contributed by atoms with Crippen molar-refractivity contribution in [2.24, 2.45) is 0 Å². The van der Waals surface area contributed by atoms with Gasteiger partial charge in [-0.15, -0.1) is 0 Å². The van der Waals surface area contributed by atoms with Gasteiger partial charge < -0.3 is 4.90 Å². The van der Waals surface area contributed by atoms with Crippen LogP contribution in [0.1, 0.15) is 16.8 Å². The number of fused-ring (bicyclic) bond motifs is 1. The fourth-order valence-corrected chi connectivity index (χ4v) is 2.90. The molecule has 6 heteroatoms. The van der Waals surface area contributed by atoms with Crippen LogP contribution in [0.25, 0.3) is 0 Å². The standard InChI is InChI=1S/C17H14F2N4/c18-14-3-1-12(2-4-14)9-23-17-11-22(10-13(17)7-21-23)16-5-6-20-8-15(16)19/h1-8H,9-11H2. The summed E-state index contributed by atoms with van der Waals surface area (Å²) in [5.41, 5.74) is 3.67. The van der Waals surface area contributed by atoms with E-state index in [4.69, 9.17) is 0 Å². The van der Waals surface area contributed by atoms with Crippen molar-refractivity contribution in [2.45, 2.75) is 19.6 Å². The Balaban J connectivity index is 1.57. The fraction of sp³-hybridized carbons (Fsp3) is 0.176. The van der Waals surface area contributed by atoms with Crippen LogP contribution in [0.3, 0.4) is 0 Å². The summed E-state index contributed by atoms with van der Waals surface area (Å²) in [5.74, 6) is -0.575. The Hall–Kier alpha value is -2.76. The van der Waals surface area contributed by atoms with E-state index < -0.39 is 0 Å². The number of nitrogens with zero attached hydrogens (tertiary/aromatic N) is 4. The number of pyridine rings is 1. The van der Waals surface area contributed by atoms with Crippen LogP contribution in [0.15, 0.2) is 48.9 Å². The maximum absolute atomic E-state index is 13.9. The summed E-state index contributed by atoms with van der Waals surface area (Å²) in [4.78, 5) is 5.75. The average molecular weight is 312 g/mol. The number of benzene rings is 1. The highest BCUT2D eigenvalue weighted by Crippen LogP contribution is 2.29. The van der Waals surface area contributed by atoms with Gasteiger partial charge in [0, 0.05) is 18.3 Å². The van der Waals surface area contributed by atoms with Crippen molar-refractivity contribution in [2.75, 3.05) is 4.90 Å². The number of hydrogen-bond acceptors (Lipinski definition) is 3. The van der Waals surface area contributed by atoms with Crippen LogP contribution < -0.4 is 4.90 Å². The van der Waals surface area contributed by atoms with E-state index in [1.54, 1.807) is 24.4 Å². The van der Waals surface area contributed by atoms with Gasteiger partial charge in [-0.2, -0.15) is 5.10 Å². The zero-order valence-corrected chi connectivity index (χ0v) is 12.3. The number of hydrogen-bond donors (Lipinski definition) is 0. The van der Waals surface area contributed by atoms with Crippen molar-refractivity contribution in [3.8, 4) is 0 Å². The van der Waals surface area contributed by atoms with Gasteiger partial charge in [-0.1, -0.05) is 12.1 Å². The molecule has 23 heavy (non-hydrogen) atoms. The highest BCUT2D eigenvalue weighted by molar-refractivity contribution is 5.50. The summed E-state index contributed by atoms with van der Waals surface area (Å²) < 4.78 is 28.8. The molecule has 3 aromatic rings. The van der Waals surface area contributed by atoms with E-state index in [9.17, 15) is 8.78 Å². The molecule has 4 rings (SSSR count). The van der Waals surface area contributed by atoms with Crippen molar-refractivity contribution in [3.63, 3.8) is 0 Å². The molecule has 2 aromatic heterocycles. The molecule has 0 radical (unpaired) electrons. The van der Waals surface area contributed by atoms with Crippen LogP contribution in [0, 0.1) is 11.6 Å². The summed E-state index contributed by atoms with van der Waals surface area (Å²) in [7, 11) is 0. The van der Waals surface area contributed by atoms with E-state index >= 15 is 0 Å². The molecule has 1 aliphatic rings. The molecule has 4 nitrogen and oxygen atoms in total. The Labute approximate surface area is 132 Å². The number of halogens is 2. The van der Waals surface area contributed by atoms with Crippen molar-refractivity contribution < 1.29 is 8.78 Å². The molecular formula is C17H14F2N4. The van der Waals surface area contributed by atoms with Gasteiger partial charge in [0.05, 0.1) is 36.9 Å². The molecule has 0 atom stereocenters. The molecule has 0 bridgehead atoms. The predicted octanol–water partition coefficient (Wildman–Crippen LogP) is 3.12. The van der Waals surface area contributed by atoms with E-state index in [2.05, 4.69) is 10.1 Å². The molecule has 0 fully saturated rings. The normalized spacial score (nSPS) is 13.4. The first-order valence-corrected chi connectivity index (χ1v) is 7.33. The average Bonchev–Trinajstić information content (AvgIpc) is 3.12. The van der Waals surface area contributed by atoms with E-state index in [0.29, 0.717) is 25.3 Å². The second kappa shape index (κ2) is 5.46. The Morgan fingerprint density at radius 2 is 1.83 bits per heavy atom. The number of anilines is 1. The molecular weight excluding hydrogens is 298 g/mol. The molecule has 1 aromatic carbocycles. The molecule has 3 heterocycles. The Kier molecular flexibility index (Phi) is 3.29. The lowest BCUT2D eigenvalue weighted by atomic mass is 10.2. The Bertz CT molecular complexity index is 842. The molecule has 0 spiro atoms. The van der Waals surface area contributed by atoms with Gasteiger partial charge in [-0.05, 0) is 23.8 Å². The molecule has 0 saturated heterocycles. The van der Waals surface area contributed by atoms with Crippen LogP contribution in [0.5, 0.6) is 0 Å². The van der Waals surface area contributed by atoms with Gasteiger partial charge in [-0.3, -0.25) is 9.67 Å². The highest BCUT2D eigenvalue weighted by Gasteiger charge is 2.25. The van der Waals surface area contributed by atoms with Crippen LogP contribution in [-0.2, 0) is 19.6 Å². The molecule has 0 saturated carbocycles. The van der Waals surface area contributed by atoms with Crippen LogP contribution in [0.2, 0.25) is 0 Å². The van der Waals surface area contributed by atoms with E-state index in [1.807, 2.05) is 15.8 Å². The van der Waals surface area contributed by atoms with Gasteiger partial charge >= 0.3 is 0 Å². The van der Waals surface area contributed by atoms with Gasteiger partial charge in [0.2, 0.25) is 0 Å². The molecule has 116 valence electrons. The molecule has 0 N–H and O–H groups in total. The second-order valence-corrected chi connectivity index (χ2v) is 5.58. The zero-order chi connectivity index (χ0) is 15.8. The smallest absolute Gasteiger partial charge is 0.164 e. The summed E-state index contributed by atoms with van der Waals surface area (Å²) >= 11 is 0. The third-order valence-electron chi connectivity index (χ3n) is 4.07. The second-order valence-electron chi connectivity index (χ2n) is 5.58. The third kappa shape index (κ3) is 2.56. The minimum atomic E-state index is -0.323. The van der Waals surface area contributed by atoms with E-state index in [-0.39, 0.29) is 11.6 Å². The first kappa shape index (κ1) is 13.9. The maximum Gasteiger partial charge on any atom is 0.164 e. The summed E-state index contributed by atoms with van der Waals surface area (Å²) in [6.07, 6.45) is 4.63. The van der Waals surface area contributed by atoms with Crippen LogP contribution in [0.4, 0.5) is 14.5 Å². The first-order valence-electron chi connectivity index (χ1n) is 7.33. The van der Waals surface area contributed by atoms with Crippen molar-refractivity contribution in [3.05, 3.63) is 77.4 Å². The van der Waals surface area contributed by atoms with Crippen molar-refractivity contribution in [1.82, 2.24) is 14.8 Å². The predicted molar refractivity (Wildman–Crippen MR) is 81.8 cm³/mol. The summed E-state index contributed by atoms with van der Waals surface area (Å²) in [6.45, 7) is 1.79. The quantitative estimate of drug-likeness (QED) is 0.745. The fourth-order valence-electron chi connectivity index (χ4n) is 2.90. The monoisotopic (exact) mass is 312 g/mol. The molecule has 0 unspecified atom stereocenters. The topological polar surface area (TPSA) is 34.0 Å². The van der Waals surface area contributed by atoms with Crippen molar-refractivity contribution >= 4 is 5.69 Å². The molecule has 0 aliphatic carbocycles. The minimum Gasteiger partial charge on any atom is -0.359 e. The van der Waals surface area contributed by atoms with E-state index in [0.717, 1.165) is 16.8 Å². The maximum atomic E-state index is 13.9. The third-order valence-corrected chi connectivity index (χ3v) is 4.07. The number of aromatic nitrogens is 3. The largest absolute Gasteiger partial charge is 0.359 e. The van der Waals surface area contributed by atoms with Gasteiger partial charge in [0.1, 0.15) is 5.82 Å². The molecule has 1 aliphatic heterocycles. The Morgan fingerprint density at radius 3 is 2.61 bits per heavy atom. The summed E-state index contributed by atoms with van der Waals surface area (Å²) in [5, 5.41) is 4.40. The lowest BCUT2D eigenvalue weighted by Crippen LogP contribution is -2.18. The lowest BCUT2D eigenvalue weighted by Gasteiger charge is -2.18. The summed E-state index contributed by atoms with van der Waals surface area (Å²) in [6, 6.07) is 8.06. The minimum absolute atomic E-state index is 0.251. The van der Waals surface area contributed by atoms with E-state index in [1.165, 1.54) is 18.3 Å². The van der Waals surface area contributed by atoms with Gasteiger partial charge in [0.25, 0.3) is 0 Å². The van der Waals surface area contributed by atoms with Crippen molar-refractivity contribution in [1.29, 1.82) is 0 Å². The number of rotatable bonds is 3. The van der Waals surface area contributed by atoms with Crippen LogP contribution in [-0.4, -0.2) is 14.8 Å². The van der Waals surface area contributed by atoms with Gasteiger partial charge in [-0.25, -0.2) is 8.78 Å². The molecule has 0 amide bonds. The first-order chi connectivity index (χ1) is 11.2. The zero-order valence-electron chi connectivity index (χ0n) is 12.3. The Morgan fingerprint density at radius 1 is 1.00 bits per heavy atom. The highest BCUT2D eigenvalue weighted by atomic mass is 19.1. The SMILES string of the molecule is Fc1ccc(Cn2ncc3c2CN(c2ccncc2F)C3)cc1. The van der Waals surface area contributed by atoms with Gasteiger partial charge in [0.15, 0.2) is 5.82 Å². The lowest BCUT2D eigenvalue weighted by molar-refractivity contribution is 0.605. The van der Waals surface area contributed by atoms with Crippen LogP contribution >= 0.6 is 0 Å².